The molecular formula is C7H11Cl3O5. The molecule has 0 aromatic heterocycles. The van der Waals surface area contributed by atoms with Crippen molar-refractivity contribution in [3.63, 3.8) is 0 Å². The van der Waals surface area contributed by atoms with E-state index in [1.165, 1.54) is 6.92 Å². The van der Waals surface area contributed by atoms with Gasteiger partial charge >= 0.3 is 11.9 Å². The Balaban J connectivity index is 0. The minimum Gasteiger partial charge on any atom is -0.480 e. The van der Waals surface area contributed by atoms with Crippen molar-refractivity contribution in [2.75, 3.05) is 6.61 Å². The fourth-order valence-electron chi connectivity index (χ4n) is 0.641. The number of hydrogen-bond donors (Lipinski definition) is 3. The van der Waals surface area contributed by atoms with Gasteiger partial charge in [0.15, 0.2) is 9.71 Å². The number of rotatable bonds is 4. The molecule has 0 aromatic carbocycles. The highest BCUT2D eigenvalue weighted by Crippen LogP contribution is 2.21. The summed E-state index contributed by atoms with van der Waals surface area (Å²) in [7, 11) is 0. The van der Waals surface area contributed by atoms with Gasteiger partial charge in [-0.2, -0.15) is 0 Å². The van der Waals surface area contributed by atoms with Crippen LogP contribution in [0.1, 0.15) is 13.3 Å². The molecule has 0 atom stereocenters. The van der Waals surface area contributed by atoms with Gasteiger partial charge in [0.05, 0.1) is 6.61 Å². The third kappa shape index (κ3) is 6.04. The molecular weight excluding hydrogens is 270 g/mol. The first-order valence-corrected chi connectivity index (χ1v) is 5.05. The van der Waals surface area contributed by atoms with Gasteiger partial charge in [-0.3, -0.25) is 9.59 Å². The Morgan fingerprint density at radius 3 is 1.47 bits per heavy atom. The SMILES string of the molecule is CCC(CO)(C(=O)O)C(=O)O.ClC(Cl)Cl. The maximum Gasteiger partial charge on any atom is 0.323 e. The van der Waals surface area contributed by atoms with E-state index < -0.39 is 28.3 Å². The van der Waals surface area contributed by atoms with Crippen LogP contribution >= 0.6 is 34.8 Å². The molecule has 0 spiro atoms. The van der Waals surface area contributed by atoms with E-state index in [-0.39, 0.29) is 6.42 Å². The smallest absolute Gasteiger partial charge is 0.323 e. The van der Waals surface area contributed by atoms with Crippen molar-refractivity contribution in [1.29, 1.82) is 0 Å². The van der Waals surface area contributed by atoms with E-state index in [0.29, 0.717) is 0 Å². The molecule has 3 N–H and O–H groups in total. The van der Waals surface area contributed by atoms with Crippen LogP contribution in [0.25, 0.3) is 0 Å². The Hall–Kier alpha value is -0.230. The predicted molar refractivity (Wildman–Crippen MR) is 56.4 cm³/mol. The lowest BCUT2D eigenvalue weighted by atomic mass is 9.86. The number of carbonyl (C=O) groups is 2. The summed E-state index contributed by atoms with van der Waals surface area (Å²) in [5.41, 5.74) is -2.03. The molecule has 0 aliphatic carbocycles. The highest BCUT2D eigenvalue weighted by molar-refractivity contribution is 6.63. The van der Waals surface area contributed by atoms with Gasteiger partial charge in [0, 0.05) is 0 Å². The van der Waals surface area contributed by atoms with Crippen LogP contribution in [0, 0.1) is 5.41 Å². The van der Waals surface area contributed by atoms with E-state index >= 15 is 0 Å². The molecule has 5 nitrogen and oxygen atoms in total. The molecule has 0 unspecified atom stereocenters. The van der Waals surface area contributed by atoms with Crippen molar-refractivity contribution >= 4 is 46.7 Å². The summed E-state index contributed by atoms with van der Waals surface area (Å²) in [6.07, 6.45) is -0.131. The summed E-state index contributed by atoms with van der Waals surface area (Å²) in [4.78, 5) is 20.8. The number of aliphatic hydroxyl groups excluding tert-OH is 1. The van der Waals surface area contributed by atoms with Crippen molar-refractivity contribution in [2.45, 2.75) is 17.6 Å². The van der Waals surface area contributed by atoms with E-state index in [1.807, 2.05) is 0 Å². The second kappa shape index (κ2) is 7.98. The zero-order valence-electron chi connectivity index (χ0n) is 7.78. The van der Waals surface area contributed by atoms with Gasteiger partial charge in [-0.05, 0) is 6.42 Å². The van der Waals surface area contributed by atoms with Gasteiger partial charge in [-0.1, -0.05) is 41.7 Å². The third-order valence-corrected chi connectivity index (χ3v) is 1.69. The number of alkyl halides is 3. The zero-order valence-corrected chi connectivity index (χ0v) is 10.1. The second-order valence-electron chi connectivity index (χ2n) is 2.45. The van der Waals surface area contributed by atoms with Crippen LogP contribution < -0.4 is 0 Å². The molecule has 0 radical (unpaired) electrons. The van der Waals surface area contributed by atoms with Gasteiger partial charge in [-0.25, -0.2) is 0 Å². The lowest BCUT2D eigenvalue weighted by Gasteiger charge is -2.19. The quantitative estimate of drug-likeness (QED) is 0.536. The molecule has 0 fully saturated rings. The second-order valence-corrected chi connectivity index (χ2v) is 4.43. The number of hydrogen-bond acceptors (Lipinski definition) is 3. The summed E-state index contributed by atoms with van der Waals surface area (Å²) < 4.78 is -0.750. The van der Waals surface area contributed by atoms with E-state index in [9.17, 15) is 9.59 Å². The lowest BCUT2D eigenvalue weighted by molar-refractivity contribution is -0.168. The Morgan fingerprint density at radius 1 is 1.20 bits per heavy atom. The van der Waals surface area contributed by atoms with E-state index in [2.05, 4.69) is 0 Å². The first kappa shape index (κ1) is 17.2. The minimum absolute atomic E-state index is 0.131. The summed E-state index contributed by atoms with van der Waals surface area (Å²) >= 11 is 14.4. The average molecular weight is 282 g/mol. The molecule has 0 rings (SSSR count). The number of carboxylic acids is 2. The molecule has 0 bridgehead atoms. The Bertz CT molecular complexity index is 196. The van der Waals surface area contributed by atoms with Crippen LogP contribution in [0.15, 0.2) is 0 Å². The average Bonchev–Trinajstić information content (AvgIpc) is 2.04. The van der Waals surface area contributed by atoms with Crippen molar-refractivity contribution in [2.24, 2.45) is 5.41 Å². The van der Waals surface area contributed by atoms with Crippen molar-refractivity contribution in [1.82, 2.24) is 0 Å². The molecule has 0 saturated carbocycles. The van der Waals surface area contributed by atoms with Gasteiger partial charge < -0.3 is 15.3 Å². The largest absolute Gasteiger partial charge is 0.480 e. The third-order valence-electron chi connectivity index (χ3n) is 1.69. The van der Waals surface area contributed by atoms with Crippen molar-refractivity contribution in [3.8, 4) is 0 Å². The molecule has 0 aliphatic rings. The number of aliphatic carboxylic acids is 2. The van der Waals surface area contributed by atoms with Gasteiger partial charge in [0.2, 0.25) is 0 Å². The molecule has 0 aliphatic heterocycles. The highest BCUT2D eigenvalue weighted by Gasteiger charge is 2.44. The standard InChI is InChI=1S/C6H10O5.CHCl3/c1-2-6(3-7,4(8)9)5(10)11;2-1(3)4/h7H,2-3H2,1H3,(H,8,9)(H,10,11);1H. The Kier molecular flexibility index (Phi) is 9.14. The van der Waals surface area contributed by atoms with E-state index in [0.717, 1.165) is 0 Å². The van der Waals surface area contributed by atoms with E-state index in [4.69, 9.17) is 50.1 Å². The number of aliphatic hydroxyl groups is 1. The van der Waals surface area contributed by atoms with Crippen LogP contribution in [0.2, 0.25) is 0 Å². The van der Waals surface area contributed by atoms with Crippen LogP contribution in [0.3, 0.4) is 0 Å². The molecule has 90 valence electrons. The monoisotopic (exact) mass is 280 g/mol. The van der Waals surface area contributed by atoms with Crippen LogP contribution in [-0.4, -0.2) is 38.2 Å². The summed E-state index contributed by atoms with van der Waals surface area (Å²) in [6, 6.07) is 0. The molecule has 0 amide bonds. The highest BCUT2D eigenvalue weighted by atomic mass is 35.6. The summed E-state index contributed by atoms with van der Waals surface area (Å²) in [6.45, 7) is 0.520. The molecule has 15 heavy (non-hydrogen) atoms. The Morgan fingerprint density at radius 2 is 1.47 bits per heavy atom. The topological polar surface area (TPSA) is 94.8 Å². The fourth-order valence-corrected chi connectivity index (χ4v) is 0.641. The van der Waals surface area contributed by atoms with Crippen LogP contribution in [0.5, 0.6) is 0 Å². The first-order valence-electron chi connectivity index (χ1n) is 3.74. The fraction of sp³-hybridized carbons (Fsp3) is 0.714. The van der Waals surface area contributed by atoms with Crippen LogP contribution in [0.4, 0.5) is 0 Å². The van der Waals surface area contributed by atoms with Crippen LogP contribution in [-0.2, 0) is 9.59 Å². The Labute approximate surface area is 102 Å². The minimum atomic E-state index is -2.03. The van der Waals surface area contributed by atoms with Crippen molar-refractivity contribution in [3.05, 3.63) is 0 Å². The molecule has 0 aromatic rings. The molecule has 0 saturated heterocycles. The summed E-state index contributed by atoms with van der Waals surface area (Å²) in [5, 5.41) is 25.5. The van der Waals surface area contributed by atoms with Gasteiger partial charge in [0.1, 0.15) is 0 Å². The van der Waals surface area contributed by atoms with E-state index in [1.54, 1.807) is 0 Å². The maximum atomic E-state index is 10.4. The van der Waals surface area contributed by atoms with Gasteiger partial charge in [0.25, 0.3) is 0 Å². The zero-order chi connectivity index (χ0) is 12.6. The summed E-state index contributed by atoms with van der Waals surface area (Å²) in [5.74, 6) is -3.01. The number of carboxylic acid groups (broad SMARTS) is 2. The number of halogens is 3. The predicted octanol–water partition coefficient (Wildman–Crippen LogP) is 1.53. The first-order chi connectivity index (χ1) is 6.74. The molecule has 8 heteroatoms. The van der Waals surface area contributed by atoms with Crippen molar-refractivity contribution < 1.29 is 24.9 Å². The molecule has 0 heterocycles. The van der Waals surface area contributed by atoms with Gasteiger partial charge in [-0.15, -0.1) is 0 Å². The maximum absolute atomic E-state index is 10.4. The normalized spacial score (nSPS) is 10.5. The lowest BCUT2D eigenvalue weighted by Crippen LogP contribution is -2.42.